The summed E-state index contributed by atoms with van der Waals surface area (Å²) < 4.78 is 19.9. The average molecular weight is 861 g/mol. The minimum absolute atomic E-state index is 0.00119. The third kappa shape index (κ3) is 6.00. The van der Waals surface area contributed by atoms with E-state index in [9.17, 15) is 0 Å². The maximum Gasteiger partial charge on any atom is 0.257 e. The molecule has 5 heterocycles. The van der Waals surface area contributed by atoms with Crippen LogP contribution < -0.4 is 26.2 Å². The van der Waals surface area contributed by atoms with Crippen molar-refractivity contribution in [3.05, 3.63) is 173 Å². The zero-order valence-corrected chi connectivity index (χ0v) is 39.5. The van der Waals surface area contributed by atoms with Crippen molar-refractivity contribution < 1.29 is 13.3 Å². The van der Waals surface area contributed by atoms with Crippen LogP contribution in [0.15, 0.2) is 153 Å². The minimum atomic E-state index is -0.120. The molecule has 7 aromatic carbocycles. The second-order valence-electron chi connectivity index (χ2n) is 20.8. The highest BCUT2D eigenvalue weighted by atomic mass is 16.4. The van der Waals surface area contributed by atoms with Crippen LogP contribution in [0.5, 0.6) is 0 Å². The molecule has 66 heavy (non-hydrogen) atoms. The fourth-order valence-electron chi connectivity index (χ4n) is 11.1. The van der Waals surface area contributed by atoms with Crippen molar-refractivity contribution in [1.29, 1.82) is 0 Å². The Balaban J connectivity index is 1.16. The van der Waals surface area contributed by atoms with Crippen LogP contribution in [-0.4, -0.2) is 6.71 Å². The number of anilines is 6. The van der Waals surface area contributed by atoms with Gasteiger partial charge in [0.15, 0.2) is 0 Å². The van der Waals surface area contributed by atoms with E-state index in [1.165, 1.54) is 50.0 Å². The van der Waals surface area contributed by atoms with E-state index in [2.05, 4.69) is 188 Å². The second-order valence-corrected chi connectivity index (χ2v) is 20.8. The van der Waals surface area contributed by atoms with E-state index >= 15 is 0 Å². The first kappa shape index (κ1) is 40.3. The van der Waals surface area contributed by atoms with Crippen LogP contribution in [0.4, 0.5) is 34.3 Å². The molecular weight excluding hydrogens is 807 g/mol. The Bertz CT molecular complexity index is 3560. The molecule has 0 unspecified atom stereocenters. The molecule has 10 aromatic rings. The first-order chi connectivity index (χ1) is 31.6. The molecule has 6 heteroatoms. The van der Waals surface area contributed by atoms with Gasteiger partial charge in [0, 0.05) is 49.8 Å². The maximum atomic E-state index is 7.26. The molecule has 0 fully saturated rings. The molecule has 0 spiro atoms. The Labute approximate surface area is 387 Å². The van der Waals surface area contributed by atoms with E-state index in [1.54, 1.807) is 0 Å². The SMILES string of the molecule is Cc1cc(C(C)(C)C)cc(C)c1N1c2cc(-c3coc4ccccc34)ccc2B2c3c1cccc3N(c1c(C)cc(-c3cc4ccccc4o3)cc1C)c1oc3ccc(C(C)(C)C)cc3c12. The van der Waals surface area contributed by atoms with E-state index < -0.39 is 0 Å². The number of benzene rings is 7. The van der Waals surface area contributed by atoms with Gasteiger partial charge in [0.05, 0.1) is 17.6 Å². The quantitative estimate of drug-likeness (QED) is 0.165. The summed E-state index contributed by atoms with van der Waals surface area (Å²) in [6, 6.07) is 48.8. The van der Waals surface area contributed by atoms with E-state index in [4.69, 9.17) is 13.3 Å². The number of hydrogen-bond donors (Lipinski definition) is 0. The standard InChI is InChI=1S/C60H53BN2O3/c1-34-26-40(53-31-39-16-11-13-20-50(39)65-53)27-35(2)57(34)63-48-19-15-18-47-55(48)61(54-44-32-41(59(5,6)7)23-25-52(44)66-58(54)63)46-24-22-38(45-33-64-51-21-14-12-17-43(45)51)30-49(46)62(47)56-36(3)28-42(29-37(56)4)60(8,9)10/h11-33H,1-10H3. The average Bonchev–Trinajstić information content (AvgIpc) is 4.02. The summed E-state index contributed by atoms with van der Waals surface area (Å²) in [7, 11) is 0. The number of furan rings is 3. The number of aryl methyl sites for hydroxylation is 4. The van der Waals surface area contributed by atoms with Crippen molar-refractivity contribution in [1.82, 2.24) is 0 Å². The molecule has 0 N–H and O–H groups in total. The van der Waals surface area contributed by atoms with Gasteiger partial charge >= 0.3 is 0 Å². The Morgan fingerprint density at radius 1 is 0.470 bits per heavy atom. The number of fused-ring (bicyclic) bond motifs is 8. The first-order valence-corrected chi connectivity index (χ1v) is 23.3. The van der Waals surface area contributed by atoms with E-state index in [-0.39, 0.29) is 17.5 Å². The molecule has 2 aliphatic rings. The van der Waals surface area contributed by atoms with Gasteiger partial charge in [-0.2, -0.15) is 0 Å². The van der Waals surface area contributed by atoms with Gasteiger partial charge in [-0.15, -0.1) is 0 Å². The maximum absolute atomic E-state index is 7.26. The highest BCUT2D eigenvalue weighted by molar-refractivity contribution is 7.01. The van der Waals surface area contributed by atoms with Crippen LogP contribution in [0.25, 0.3) is 55.4 Å². The first-order valence-electron chi connectivity index (χ1n) is 23.3. The van der Waals surface area contributed by atoms with Gasteiger partial charge in [0.1, 0.15) is 22.5 Å². The summed E-state index contributed by atoms with van der Waals surface area (Å²) in [5, 5.41) is 3.35. The molecule has 0 bridgehead atoms. The van der Waals surface area contributed by atoms with Crippen molar-refractivity contribution in [2.75, 3.05) is 9.80 Å². The van der Waals surface area contributed by atoms with Gasteiger partial charge in [-0.25, -0.2) is 0 Å². The zero-order chi connectivity index (χ0) is 45.6. The molecule has 5 nitrogen and oxygen atoms in total. The molecule has 0 atom stereocenters. The van der Waals surface area contributed by atoms with E-state index in [0.717, 1.165) is 89.4 Å². The lowest BCUT2D eigenvalue weighted by molar-refractivity contribution is 0.589. The summed E-state index contributed by atoms with van der Waals surface area (Å²) >= 11 is 0. The third-order valence-electron chi connectivity index (χ3n) is 14.3. The summed E-state index contributed by atoms with van der Waals surface area (Å²) in [6.45, 7) is 22.7. The number of nitrogens with zero attached hydrogens (tertiary/aromatic N) is 2. The molecule has 3 aromatic heterocycles. The summed E-state index contributed by atoms with van der Waals surface area (Å²) in [5.74, 6) is 1.72. The highest BCUT2D eigenvalue weighted by Crippen LogP contribution is 2.50. The lowest BCUT2D eigenvalue weighted by atomic mass is 9.33. The van der Waals surface area contributed by atoms with Crippen molar-refractivity contribution in [3.63, 3.8) is 0 Å². The van der Waals surface area contributed by atoms with Crippen LogP contribution in [0.2, 0.25) is 0 Å². The van der Waals surface area contributed by atoms with Crippen molar-refractivity contribution >= 4 is 90.3 Å². The minimum Gasteiger partial charge on any atom is -0.464 e. The fourth-order valence-corrected chi connectivity index (χ4v) is 11.1. The Hall–Kier alpha value is -7.18. The van der Waals surface area contributed by atoms with Crippen LogP contribution >= 0.6 is 0 Å². The molecule has 324 valence electrons. The molecule has 0 saturated carbocycles. The zero-order valence-electron chi connectivity index (χ0n) is 39.5. The van der Waals surface area contributed by atoms with Crippen LogP contribution in [0.3, 0.4) is 0 Å². The van der Waals surface area contributed by atoms with Gasteiger partial charge < -0.3 is 18.2 Å². The van der Waals surface area contributed by atoms with E-state index in [1.807, 2.05) is 30.5 Å². The largest absolute Gasteiger partial charge is 0.464 e. The van der Waals surface area contributed by atoms with Gasteiger partial charge in [-0.1, -0.05) is 114 Å². The normalized spacial score (nSPS) is 13.5. The topological polar surface area (TPSA) is 45.9 Å². The Morgan fingerprint density at radius 2 is 1.12 bits per heavy atom. The second kappa shape index (κ2) is 14.2. The summed E-state index contributed by atoms with van der Waals surface area (Å²) in [5.41, 5.74) is 22.7. The van der Waals surface area contributed by atoms with Crippen molar-refractivity contribution in [2.24, 2.45) is 0 Å². The predicted molar refractivity (Wildman–Crippen MR) is 277 cm³/mol. The summed E-state index contributed by atoms with van der Waals surface area (Å²) in [6.07, 6.45) is 1.92. The molecule has 12 rings (SSSR count). The number of rotatable bonds is 4. The molecular formula is C60H53BN2O3. The lowest BCUT2D eigenvalue weighted by Crippen LogP contribution is -2.61. The molecule has 0 radical (unpaired) electrons. The Kier molecular flexibility index (Phi) is 8.66. The third-order valence-corrected chi connectivity index (χ3v) is 14.3. The highest BCUT2D eigenvalue weighted by Gasteiger charge is 2.47. The number of para-hydroxylation sites is 2. The molecule has 0 aliphatic carbocycles. The number of hydrogen-bond acceptors (Lipinski definition) is 5. The van der Waals surface area contributed by atoms with Crippen molar-refractivity contribution in [3.8, 4) is 22.5 Å². The smallest absolute Gasteiger partial charge is 0.257 e. The molecule has 2 aliphatic heterocycles. The fraction of sp³-hybridized carbons (Fsp3) is 0.200. The van der Waals surface area contributed by atoms with E-state index in [0.29, 0.717) is 0 Å². The predicted octanol–water partition coefficient (Wildman–Crippen LogP) is 15.2. The molecule has 0 amide bonds. The lowest BCUT2D eigenvalue weighted by Gasteiger charge is -2.44. The van der Waals surface area contributed by atoms with Crippen LogP contribution in [-0.2, 0) is 10.8 Å². The van der Waals surface area contributed by atoms with Gasteiger partial charge in [0.2, 0.25) is 5.88 Å². The van der Waals surface area contributed by atoms with Crippen LogP contribution in [0, 0.1) is 27.7 Å². The van der Waals surface area contributed by atoms with Gasteiger partial charge in [0.25, 0.3) is 6.71 Å². The van der Waals surface area contributed by atoms with Crippen molar-refractivity contribution in [2.45, 2.75) is 80.1 Å². The monoisotopic (exact) mass is 860 g/mol. The van der Waals surface area contributed by atoms with Crippen LogP contribution in [0.1, 0.15) is 74.9 Å². The summed E-state index contributed by atoms with van der Waals surface area (Å²) in [4.78, 5) is 4.98. The Morgan fingerprint density at radius 3 is 1.83 bits per heavy atom. The molecule has 0 saturated heterocycles. The van der Waals surface area contributed by atoms with Gasteiger partial charge in [-0.05, 0) is 149 Å². The van der Waals surface area contributed by atoms with Gasteiger partial charge in [-0.3, -0.25) is 4.90 Å².